The summed E-state index contributed by atoms with van der Waals surface area (Å²) < 4.78 is 13.3. The van der Waals surface area contributed by atoms with Crippen LogP contribution in [0.4, 0.5) is 5.69 Å². The summed E-state index contributed by atoms with van der Waals surface area (Å²) in [5.74, 6) is 0.762. The van der Waals surface area contributed by atoms with Crippen LogP contribution in [-0.2, 0) is 13.2 Å². The maximum Gasteiger partial charge on any atom is 0.291 e. The molecule has 0 aliphatic rings. The van der Waals surface area contributed by atoms with E-state index in [-0.39, 0.29) is 29.9 Å². The SMILES string of the molecule is CCCNC(=O)c1nn(CC)cc1NC(=O)c1ccc(COc2cc(C)c(Cl)cc2C(C)C)o1. The molecule has 34 heavy (non-hydrogen) atoms. The maximum atomic E-state index is 12.8. The lowest BCUT2D eigenvalue weighted by Crippen LogP contribution is -2.26. The summed E-state index contributed by atoms with van der Waals surface area (Å²) in [5.41, 5.74) is 2.42. The Kier molecular flexibility index (Phi) is 8.39. The van der Waals surface area contributed by atoms with Gasteiger partial charge in [-0.2, -0.15) is 5.10 Å². The van der Waals surface area contributed by atoms with Gasteiger partial charge in [-0.05, 0) is 61.6 Å². The lowest BCUT2D eigenvalue weighted by Gasteiger charge is -2.15. The molecular weight excluding hydrogens is 456 g/mol. The molecule has 0 aliphatic carbocycles. The van der Waals surface area contributed by atoms with E-state index in [4.69, 9.17) is 20.8 Å². The van der Waals surface area contributed by atoms with Gasteiger partial charge >= 0.3 is 0 Å². The molecule has 0 radical (unpaired) electrons. The molecule has 0 fully saturated rings. The minimum Gasteiger partial charge on any atom is -0.485 e. The Balaban J connectivity index is 1.71. The summed E-state index contributed by atoms with van der Waals surface area (Å²) in [5, 5.41) is 10.5. The van der Waals surface area contributed by atoms with Crippen molar-refractivity contribution >= 4 is 29.1 Å². The molecule has 0 aliphatic heterocycles. The van der Waals surface area contributed by atoms with Gasteiger partial charge in [-0.1, -0.05) is 32.4 Å². The molecule has 0 atom stereocenters. The average molecular weight is 487 g/mol. The molecule has 1 aromatic carbocycles. The van der Waals surface area contributed by atoms with Gasteiger partial charge in [-0.25, -0.2) is 0 Å². The molecule has 9 heteroatoms. The Morgan fingerprint density at radius 1 is 1.21 bits per heavy atom. The highest BCUT2D eigenvalue weighted by atomic mass is 35.5. The van der Waals surface area contributed by atoms with Crippen molar-refractivity contribution in [3.63, 3.8) is 0 Å². The zero-order valence-corrected chi connectivity index (χ0v) is 21.0. The monoisotopic (exact) mass is 486 g/mol. The van der Waals surface area contributed by atoms with Crippen LogP contribution in [0.25, 0.3) is 0 Å². The standard InChI is InChI=1S/C25H31ClN4O4/c1-6-10-27-25(32)23-20(13-30(7-2)29-23)28-24(31)21-9-8-17(34-21)14-33-22-11-16(5)19(26)12-18(22)15(3)4/h8-9,11-13,15H,6-7,10,14H2,1-5H3,(H,27,32)(H,28,31). The van der Waals surface area contributed by atoms with Gasteiger partial charge in [0.15, 0.2) is 11.5 Å². The summed E-state index contributed by atoms with van der Waals surface area (Å²) in [6, 6.07) is 7.09. The first-order chi connectivity index (χ1) is 16.2. The molecule has 0 saturated carbocycles. The third kappa shape index (κ3) is 5.99. The number of halogens is 1. The van der Waals surface area contributed by atoms with Crippen LogP contribution in [0, 0.1) is 6.92 Å². The summed E-state index contributed by atoms with van der Waals surface area (Å²) in [6.45, 7) is 11.2. The first kappa shape index (κ1) is 25.4. The number of furan rings is 1. The Hall–Kier alpha value is -3.26. The summed E-state index contributed by atoms with van der Waals surface area (Å²) in [7, 11) is 0. The minimum absolute atomic E-state index is 0.110. The molecule has 0 saturated heterocycles. The number of rotatable bonds is 10. The molecule has 3 aromatic rings. The van der Waals surface area contributed by atoms with E-state index in [1.54, 1.807) is 23.0 Å². The van der Waals surface area contributed by atoms with Crippen molar-refractivity contribution in [1.29, 1.82) is 0 Å². The molecule has 8 nitrogen and oxygen atoms in total. The Labute approximate surface area is 204 Å². The van der Waals surface area contributed by atoms with Crippen molar-refractivity contribution in [2.45, 2.75) is 60.1 Å². The molecule has 0 bridgehead atoms. The van der Waals surface area contributed by atoms with Crippen LogP contribution in [0.3, 0.4) is 0 Å². The highest BCUT2D eigenvalue weighted by Gasteiger charge is 2.20. The van der Waals surface area contributed by atoms with Gasteiger partial charge in [0.1, 0.15) is 18.1 Å². The summed E-state index contributed by atoms with van der Waals surface area (Å²) in [6.07, 6.45) is 2.43. The van der Waals surface area contributed by atoms with Crippen LogP contribution >= 0.6 is 11.6 Å². The fourth-order valence-corrected chi connectivity index (χ4v) is 3.49. The van der Waals surface area contributed by atoms with Gasteiger partial charge in [-0.3, -0.25) is 14.3 Å². The van der Waals surface area contributed by atoms with Crippen molar-refractivity contribution < 1.29 is 18.7 Å². The van der Waals surface area contributed by atoms with Crippen molar-refractivity contribution in [1.82, 2.24) is 15.1 Å². The van der Waals surface area contributed by atoms with E-state index < -0.39 is 5.91 Å². The van der Waals surface area contributed by atoms with E-state index >= 15 is 0 Å². The number of hydrogen-bond donors (Lipinski definition) is 2. The molecule has 2 aromatic heterocycles. The number of carbonyl (C=O) groups is 2. The topological polar surface area (TPSA) is 98.4 Å². The van der Waals surface area contributed by atoms with Gasteiger partial charge in [0.25, 0.3) is 11.8 Å². The number of nitrogens with zero attached hydrogens (tertiary/aromatic N) is 2. The van der Waals surface area contributed by atoms with Gasteiger partial charge in [0.2, 0.25) is 0 Å². The van der Waals surface area contributed by atoms with E-state index in [1.165, 1.54) is 0 Å². The summed E-state index contributed by atoms with van der Waals surface area (Å²) >= 11 is 6.27. The number of ether oxygens (including phenoxy) is 1. The fraction of sp³-hybridized carbons (Fsp3) is 0.400. The smallest absolute Gasteiger partial charge is 0.291 e. The largest absolute Gasteiger partial charge is 0.485 e. The zero-order chi connectivity index (χ0) is 24.8. The predicted molar refractivity (Wildman–Crippen MR) is 132 cm³/mol. The van der Waals surface area contributed by atoms with E-state index in [9.17, 15) is 9.59 Å². The lowest BCUT2D eigenvalue weighted by molar-refractivity contribution is 0.0948. The Bertz CT molecular complexity index is 1170. The van der Waals surface area contributed by atoms with Crippen molar-refractivity contribution in [3.05, 3.63) is 63.8 Å². The average Bonchev–Trinajstić information content (AvgIpc) is 3.45. The number of benzene rings is 1. The lowest BCUT2D eigenvalue weighted by atomic mass is 10.0. The zero-order valence-electron chi connectivity index (χ0n) is 20.2. The molecule has 0 unspecified atom stereocenters. The second-order valence-electron chi connectivity index (χ2n) is 8.31. The molecule has 0 spiro atoms. The molecule has 2 N–H and O–H groups in total. The van der Waals surface area contributed by atoms with Gasteiger partial charge in [-0.15, -0.1) is 0 Å². The first-order valence-corrected chi connectivity index (χ1v) is 11.8. The number of carbonyl (C=O) groups excluding carboxylic acids is 2. The highest BCUT2D eigenvalue weighted by Crippen LogP contribution is 2.32. The minimum atomic E-state index is -0.475. The maximum absolute atomic E-state index is 12.8. The normalized spacial score (nSPS) is 11.0. The number of aryl methyl sites for hydroxylation is 2. The third-order valence-corrected chi connectivity index (χ3v) is 5.66. The third-order valence-electron chi connectivity index (χ3n) is 5.25. The summed E-state index contributed by atoms with van der Waals surface area (Å²) in [4.78, 5) is 25.2. The Morgan fingerprint density at radius 2 is 1.97 bits per heavy atom. The van der Waals surface area contributed by atoms with Crippen LogP contribution in [0.5, 0.6) is 5.75 Å². The number of nitrogens with one attached hydrogen (secondary N) is 2. The van der Waals surface area contributed by atoms with E-state index in [2.05, 4.69) is 29.6 Å². The van der Waals surface area contributed by atoms with Crippen molar-refractivity contribution in [3.8, 4) is 5.75 Å². The Morgan fingerprint density at radius 3 is 2.65 bits per heavy atom. The van der Waals surface area contributed by atoms with Crippen LogP contribution in [0.1, 0.15) is 78.0 Å². The molecule has 3 rings (SSSR count). The van der Waals surface area contributed by atoms with E-state index in [0.29, 0.717) is 29.6 Å². The van der Waals surface area contributed by atoms with Crippen LogP contribution in [0.2, 0.25) is 5.02 Å². The number of hydrogen-bond acceptors (Lipinski definition) is 5. The fourth-order valence-electron chi connectivity index (χ4n) is 3.32. The second kappa shape index (κ2) is 11.2. The highest BCUT2D eigenvalue weighted by molar-refractivity contribution is 6.31. The molecule has 2 heterocycles. The van der Waals surface area contributed by atoms with Crippen molar-refractivity contribution in [2.24, 2.45) is 0 Å². The molecule has 2 amide bonds. The van der Waals surface area contributed by atoms with E-state index in [0.717, 1.165) is 23.3 Å². The number of amides is 2. The molecule has 182 valence electrons. The van der Waals surface area contributed by atoms with E-state index in [1.807, 2.05) is 32.9 Å². The van der Waals surface area contributed by atoms with Gasteiger partial charge in [0, 0.05) is 24.3 Å². The van der Waals surface area contributed by atoms with Crippen LogP contribution < -0.4 is 15.4 Å². The first-order valence-electron chi connectivity index (χ1n) is 11.4. The molecular formula is C25H31ClN4O4. The number of aromatic nitrogens is 2. The van der Waals surface area contributed by atoms with Crippen molar-refractivity contribution in [2.75, 3.05) is 11.9 Å². The van der Waals surface area contributed by atoms with Crippen LogP contribution in [0.15, 0.2) is 34.9 Å². The van der Waals surface area contributed by atoms with Gasteiger partial charge < -0.3 is 19.8 Å². The van der Waals surface area contributed by atoms with Gasteiger partial charge in [0.05, 0.1) is 5.69 Å². The predicted octanol–water partition coefficient (Wildman–Crippen LogP) is 5.55. The second-order valence-corrected chi connectivity index (χ2v) is 8.71. The quantitative estimate of drug-likeness (QED) is 0.391. The van der Waals surface area contributed by atoms with Crippen LogP contribution in [-0.4, -0.2) is 28.1 Å². The number of anilines is 1.